The molecule has 1 N–H and O–H groups in total. The molecule has 26 heavy (non-hydrogen) atoms. The summed E-state index contributed by atoms with van der Waals surface area (Å²) in [4.78, 5) is 31.6. The van der Waals surface area contributed by atoms with Crippen molar-refractivity contribution < 1.29 is 19.4 Å². The summed E-state index contributed by atoms with van der Waals surface area (Å²) in [6.07, 6.45) is 1.41. The lowest BCUT2D eigenvalue weighted by Gasteiger charge is -2.46. The van der Waals surface area contributed by atoms with Gasteiger partial charge in [-0.3, -0.25) is 9.59 Å². The second kappa shape index (κ2) is 6.30. The molecule has 1 amide bonds. The number of rotatable bonds is 3. The van der Waals surface area contributed by atoms with Crippen molar-refractivity contribution in [3.8, 4) is 0 Å². The number of hydrogen-bond donors (Lipinski definition) is 1. The number of thiazole rings is 1. The van der Waals surface area contributed by atoms with Gasteiger partial charge in [0.25, 0.3) is 0 Å². The minimum Gasteiger partial charge on any atom is -0.481 e. The van der Waals surface area contributed by atoms with Crippen molar-refractivity contribution in [3.05, 3.63) is 16.1 Å². The highest BCUT2D eigenvalue weighted by Gasteiger charge is 2.65. The first kappa shape index (κ1) is 17.9. The molecule has 3 aliphatic rings. The fourth-order valence-electron chi connectivity index (χ4n) is 4.92. The van der Waals surface area contributed by atoms with E-state index in [1.165, 1.54) is 0 Å². The maximum absolute atomic E-state index is 13.5. The highest BCUT2D eigenvalue weighted by molar-refractivity contribution is 7.09. The number of amides is 1. The Morgan fingerprint density at radius 1 is 1.42 bits per heavy atom. The Bertz CT molecular complexity index is 731. The summed E-state index contributed by atoms with van der Waals surface area (Å²) in [7, 11) is 0. The second-order valence-electron chi connectivity index (χ2n) is 8.56. The van der Waals surface area contributed by atoms with Crippen LogP contribution in [0.4, 0.5) is 0 Å². The number of carbonyl (C=O) groups excluding carboxylic acids is 1. The van der Waals surface area contributed by atoms with Crippen LogP contribution in [0.5, 0.6) is 0 Å². The van der Waals surface area contributed by atoms with Crippen LogP contribution in [-0.4, -0.2) is 52.7 Å². The number of fused-ring (bicyclic) bond motifs is 1. The van der Waals surface area contributed by atoms with Crippen LogP contribution in [0.15, 0.2) is 5.38 Å². The van der Waals surface area contributed by atoms with Crippen LogP contribution in [-0.2, 0) is 14.3 Å². The topological polar surface area (TPSA) is 79.7 Å². The highest BCUT2D eigenvalue weighted by Crippen LogP contribution is 2.65. The largest absolute Gasteiger partial charge is 0.481 e. The van der Waals surface area contributed by atoms with E-state index in [0.29, 0.717) is 26.2 Å². The van der Waals surface area contributed by atoms with Gasteiger partial charge in [-0.1, -0.05) is 13.8 Å². The van der Waals surface area contributed by atoms with Crippen molar-refractivity contribution in [1.82, 2.24) is 9.88 Å². The maximum Gasteiger partial charge on any atom is 0.308 e. The fraction of sp³-hybridized carbons (Fsp3) is 0.737. The number of nitrogens with zero attached hydrogens (tertiary/aromatic N) is 2. The molecule has 1 saturated carbocycles. The highest BCUT2D eigenvalue weighted by atomic mass is 32.1. The zero-order valence-corrected chi connectivity index (χ0v) is 16.3. The van der Waals surface area contributed by atoms with Gasteiger partial charge in [0, 0.05) is 42.1 Å². The molecular weight excluding hydrogens is 352 g/mol. The van der Waals surface area contributed by atoms with Crippen molar-refractivity contribution in [2.24, 2.45) is 23.2 Å². The summed E-state index contributed by atoms with van der Waals surface area (Å²) in [6.45, 7) is 7.74. The lowest BCUT2D eigenvalue weighted by atomic mass is 9.80. The predicted molar refractivity (Wildman–Crippen MR) is 97.0 cm³/mol. The SMILES string of the molecule is Cc1csc([C@@H]2[C@@H](C(=O)N3C[C@H](C(=O)O)C[C@@H]4COCC[C@H]43)C2(C)C)n1. The summed E-state index contributed by atoms with van der Waals surface area (Å²) >= 11 is 1.62. The van der Waals surface area contributed by atoms with Gasteiger partial charge in [-0.25, -0.2) is 4.98 Å². The Hall–Kier alpha value is -1.47. The molecule has 7 heteroatoms. The summed E-state index contributed by atoms with van der Waals surface area (Å²) in [5.74, 6) is -1.04. The molecule has 0 bridgehead atoms. The number of aromatic nitrogens is 1. The number of carboxylic acid groups (broad SMARTS) is 1. The first-order valence-electron chi connectivity index (χ1n) is 9.33. The van der Waals surface area contributed by atoms with Crippen molar-refractivity contribution >= 4 is 23.2 Å². The van der Waals surface area contributed by atoms with Gasteiger partial charge in [0.1, 0.15) is 0 Å². The summed E-state index contributed by atoms with van der Waals surface area (Å²) in [5, 5.41) is 12.6. The number of carboxylic acids is 1. The monoisotopic (exact) mass is 378 g/mol. The van der Waals surface area contributed by atoms with Crippen LogP contribution < -0.4 is 0 Å². The molecule has 4 rings (SSSR count). The van der Waals surface area contributed by atoms with Crippen molar-refractivity contribution in [3.63, 3.8) is 0 Å². The molecule has 2 saturated heterocycles. The maximum atomic E-state index is 13.5. The van der Waals surface area contributed by atoms with Crippen LogP contribution in [0.1, 0.15) is 43.3 Å². The first-order valence-corrected chi connectivity index (χ1v) is 10.2. The van der Waals surface area contributed by atoms with Gasteiger partial charge in [0.2, 0.25) is 5.91 Å². The molecule has 2 aliphatic heterocycles. The average molecular weight is 378 g/mol. The zero-order valence-electron chi connectivity index (χ0n) is 15.5. The lowest BCUT2D eigenvalue weighted by Crippen LogP contribution is -2.56. The first-order chi connectivity index (χ1) is 12.3. The molecule has 1 aromatic rings. The fourth-order valence-corrected chi connectivity index (χ4v) is 6.05. The molecule has 0 aromatic carbocycles. The number of piperidine rings is 1. The third-order valence-corrected chi connectivity index (χ3v) is 7.51. The molecule has 1 aliphatic carbocycles. The van der Waals surface area contributed by atoms with Gasteiger partial charge in [-0.2, -0.15) is 0 Å². The average Bonchev–Trinajstić information content (AvgIpc) is 2.94. The number of aliphatic carboxylic acids is 1. The smallest absolute Gasteiger partial charge is 0.308 e. The lowest BCUT2D eigenvalue weighted by molar-refractivity contribution is -0.155. The molecule has 0 radical (unpaired) electrons. The Labute approximate surface area is 157 Å². The number of carbonyl (C=O) groups is 2. The van der Waals surface area contributed by atoms with Crippen LogP contribution in [0.2, 0.25) is 0 Å². The molecule has 3 fully saturated rings. The van der Waals surface area contributed by atoms with Crippen molar-refractivity contribution in [2.75, 3.05) is 19.8 Å². The van der Waals surface area contributed by atoms with Gasteiger partial charge in [0.15, 0.2) is 0 Å². The van der Waals surface area contributed by atoms with E-state index in [4.69, 9.17) is 4.74 Å². The molecule has 5 atom stereocenters. The van der Waals surface area contributed by atoms with Gasteiger partial charge >= 0.3 is 5.97 Å². The van der Waals surface area contributed by atoms with E-state index in [0.717, 1.165) is 17.1 Å². The van der Waals surface area contributed by atoms with E-state index in [-0.39, 0.29) is 35.1 Å². The summed E-state index contributed by atoms with van der Waals surface area (Å²) < 4.78 is 5.57. The van der Waals surface area contributed by atoms with E-state index in [2.05, 4.69) is 18.8 Å². The molecular formula is C19H26N2O4S. The summed E-state index contributed by atoms with van der Waals surface area (Å²) in [5.41, 5.74) is 0.866. The van der Waals surface area contributed by atoms with Gasteiger partial charge in [0.05, 0.1) is 23.5 Å². The summed E-state index contributed by atoms with van der Waals surface area (Å²) in [6, 6.07) is 0.113. The molecule has 142 valence electrons. The predicted octanol–water partition coefficient (Wildman–Crippen LogP) is 2.53. The number of likely N-dealkylation sites (tertiary alicyclic amines) is 1. The van der Waals surface area contributed by atoms with Crippen LogP contribution >= 0.6 is 11.3 Å². The number of ether oxygens (including phenoxy) is 1. The minimum absolute atomic E-state index is 0.107. The third-order valence-electron chi connectivity index (χ3n) is 6.47. The molecule has 6 nitrogen and oxygen atoms in total. The second-order valence-corrected chi connectivity index (χ2v) is 9.45. The van der Waals surface area contributed by atoms with Gasteiger partial charge in [-0.15, -0.1) is 11.3 Å². The molecule has 1 aromatic heterocycles. The Morgan fingerprint density at radius 2 is 2.19 bits per heavy atom. The van der Waals surface area contributed by atoms with E-state index in [1.807, 2.05) is 17.2 Å². The van der Waals surface area contributed by atoms with Crippen LogP contribution in [0.25, 0.3) is 0 Å². The zero-order chi connectivity index (χ0) is 18.6. The Kier molecular flexibility index (Phi) is 4.34. The van der Waals surface area contributed by atoms with Crippen molar-refractivity contribution in [1.29, 1.82) is 0 Å². The van der Waals surface area contributed by atoms with Crippen molar-refractivity contribution in [2.45, 2.75) is 45.6 Å². The Balaban J connectivity index is 1.58. The van der Waals surface area contributed by atoms with E-state index in [9.17, 15) is 14.7 Å². The number of aryl methyl sites for hydroxylation is 1. The standard InChI is InChI=1S/C19H26N2O4S/c1-10-9-26-16(20-10)14-15(19(14,2)3)17(22)21-7-11(18(23)24)6-12-8-25-5-4-13(12)21/h9,11-15H,4-8H2,1-3H3,(H,23,24)/t11-,12-,13-,14+,15+/m1/s1. The normalized spacial score (nSPS) is 35.7. The number of hydrogen-bond acceptors (Lipinski definition) is 5. The third kappa shape index (κ3) is 2.85. The molecule has 0 unspecified atom stereocenters. The van der Waals surface area contributed by atoms with Gasteiger partial charge < -0.3 is 14.7 Å². The minimum atomic E-state index is -0.811. The molecule has 0 spiro atoms. The van der Waals surface area contributed by atoms with E-state index in [1.54, 1.807) is 11.3 Å². The van der Waals surface area contributed by atoms with E-state index >= 15 is 0 Å². The van der Waals surface area contributed by atoms with Crippen LogP contribution in [0.3, 0.4) is 0 Å². The van der Waals surface area contributed by atoms with E-state index < -0.39 is 11.9 Å². The quantitative estimate of drug-likeness (QED) is 0.874. The Morgan fingerprint density at radius 3 is 2.85 bits per heavy atom. The van der Waals surface area contributed by atoms with Crippen LogP contribution in [0, 0.1) is 30.1 Å². The molecule has 3 heterocycles. The van der Waals surface area contributed by atoms with Gasteiger partial charge in [-0.05, 0) is 25.2 Å².